The molecule has 0 bridgehead atoms. The van der Waals surface area contributed by atoms with Crippen LogP contribution in [-0.2, 0) is 11.3 Å². The molecule has 1 heterocycles. The lowest BCUT2D eigenvalue weighted by atomic mass is 10.2. The van der Waals surface area contributed by atoms with Crippen LogP contribution in [0.2, 0.25) is 15.1 Å². The number of non-ortho nitro benzene ring substituents is 1. The van der Waals surface area contributed by atoms with Gasteiger partial charge in [-0.15, -0.1) is 10.2 Å². The maximum atomic E-state index is 12.2. The van der Waals surface area contributed by atoms with E-state index in [-0.39, 0.29) is 23.1 Å². The summed E-state index contributed by atoms with van der Waals surface area (Å²) in [5.41, 5.74) is 3.40. The molecule has 1 aromatic heterocycles. The SMILES string of the molecule is CCn1c(Sc2ccc([N+](=O)[O-])cc2/C=N\NC(=O)COc2ccc(Cl)cc2Cl)nnc1-c1cccc(Cl)c1. The summed E-state index contributed by atoms with van der Waals surface area (Å²) in [6.07, 6.45) is 1.31. The van der Waals surface area contributed by atoms with Crippen LogP contribution < -0.4 is 10.2 Å². The zero-order valence-corrected chi connectivity index (χ0v) is 23.3. The van der Waals surface area contributed by atoms with Crippen LogP contribution in [0.5, 0.6) is 5.75 Å². The van der Waals surface area contributed by atoms with Crippen LogP contribution in [-0.4, -0.2) is 38.4 Å². The Hall–Kier alpha value is -3.64. The Morgan fingerprint density at radius 1 is 1.13 bits per heavy atom. The van der Waals surface area contributed by atoms with Gasteiger partial charge in [0, 0.05) is 44.7 Å². The van der Waals surface area contributed by atoms with Gasteiger partial charge in [-0.2, -0.15) is 5.10 Å². The Morgan fingerprint density at radius 3 is 2.64 bits per heavy atom. The first kappa shape index (κ1) is 28.4. The summed E-state index contributed by atoms with van der Waals surface area (Å²) in [6, 6.07) is 16.2. The van der Waals surface area contributed by atoms with Crippen molar-refractivity contribution in [3.8, 4) is 17.1 Å². The van der Waals surface area contributed by atoms with Crippen molar-refractivity contribution >= 4 is 64.4 Å². The molecule has 14 heteroatoms. The molecule has 39 heavy (non-hydrogen) atoms. The standard InChI is InChI=1S/C25H19Cl3N6O4S/c1-2-33-24(15-4-3-5-17(26)10-15)31-32-25(33)39-22-9-7-19(34(36)37)11-16(22)13-29-30-23(35)14-38-21-8-6-18(27)12-20(21)28/h3-13H,2,14H2,1H3,(H,30,35)/b29-13-. The minimum Gasteiger partial charge on any atom is -0.482 e. The number of benzene rings is 3. The molecule has 3 aromatic carbocycles. The average molecular weight is 606 g/mol. The molecule has 0 fully saturated rings. The molecule has 0 aliphatic heterocycles. The number of hydrogen-bond donors (Lipinski definition) is 1. The average Bonchev–Trinajstić information content (AvgIpc) is 3.31. The van der Waals surface area contributed by atoms with Crippen LogP contribution in [0.4, 0.5) is 5.69 Å². The molecule has 0 aliphatic rings. The second-order valence-electron chi connectivity index (χ2n) is 7.80. The van der Waals surface area contributed by atoms with Gasteiger partial charge >= 0.3 is 0 Å². The molecule has 0 spiro atoms. The highest BCUT2D eigenvalue weighted by molar-refractivity contribution is 7.99. The largest absolute Gasteiger partial charge is 0.482 e. The Bertz CT molecular complexity index is 1560. The first-order chi connectivity index (χ1) is 18.7. The Labute approximate surface area is 242 Å². The van der Waals surface area contributed by atoms with Gasteiger partial charge in [-0.25, -0.2) is 5.43 Å². The number of nitro groups is 1. The van der Waals surface area contributed by atoms with Gasteiger partial charge in [0.2, 0.25) is 0 Å². The number of nitrogens with one attached hydrogen (secondary N) is 1. The highest BCUT2D eigenvalue weighted by Gasteiger charge is 2.17. The van der Waals surface area contributed by atoms with Gasteiger partial charge in [-0.1, -0.05) is 46.9 Å². The summed E-state index contributed by atoms with van der Waals surface area (Å²) >= 11 is 19.3. The quantitative estimate of drug-likeness (QED) is 0.124. The van der Waals surface area contributed by atoms with Crippen LogP contribution in [0.25, 0.3) is 11.4 Å². The predicted octanol–water partition coefficient (Wildman–Crippen LogP) is 6.51. The molecular weight excluding hydrogens is 587 g/mol. The molecule has 0 saturated heterocycles. The van der Waals surface area contributed by atoms with Crippen molar-refractivity contribution in [2.75, 3.05) is 6.61 Å². The maximum Gasteiger partial charge on any atom is 0.277 e. The third kappa shape index (κ3) is 7.27. The molecule has 0 saturated carbocycles. The topological polar surface area (TPSA) is 125 Å². The van der Waals surface area contributed by atoms with Crippen molar-refractivity contribution in [1.29, 1.82) is 0 Å². The van der Waals surface area contributed by atoms with Crippen molar-refractivity contribution in [2.45, 2.75) is 23.5 Å². The van der Waals surface area contributed by atoms with E-state index in [1.165, 1.54) is 36.2 Å². The molecule has 4 aromatic rings. The van der Waals surface area contributed by atoms with Gasteiger partial charge in [-0.05, 0) is 55.1 Å². The molecular formula is C25H19Cl3N6O4S. The van der Waals surface area contributed by atoms with E-state index in [4.69, 9.17) is 39.5 Å². The van der Waals surface area contributed by atoms with E-state index in [1.54, 1.807) is 30.3 Å². The van der Waals surface area contributed by atoms with E-state index in [9.17, 15) is 14.9 Å². The predicted molar refractivity (Wildman–Crippen MR) is 151 cm³/mol. The highest BCUT2D eigenvalue weighted by Crippen LogP contribution is 2.33. The number of halogens is 3. The summed E-state index contributed by atoms with van der Waals surface area (Å²) < 4.78 is 7.29. The highest BCUT2D eigenvalue weighted by atomic mass is 35.5. The van der Waals surface area contributed by atoms with Crippen molar-refractivity contribution in [1.82, 2.24) is 20.2 Å². The normalized spacial score (nSPS) is 11.1. The summed E-state index contributed by atoms with van der Waals surface area (Å²) in [7, 11) is 0. The Balaban J connectivity index is 1.52. The molecule has 0 aliphatic carbocycles. The summed E-state index contributed by atoms with van der Waals surface area (Å²) in [5.74, 6) is 0.358. The number of nitrogens with zero attached hydrogens (tertiary/aromatic N) is 5. The number of amides is 1. The Kier molecular flexibility index (Phi) is 9.41. The van der Waals surface area contributed by atoms with Gasteiger partial charge in [0.1, 0.15) is 5.75 Å². The molecule has 0 unspecified atom stereocenters. The van der Waals surface area contributed by atoms with Crippen molar-refractivity contribution in [2.24, 2.45) is 5.10 Å². The third-order valence-electron chi connectivity index (χ3n) is 5.17. The number of carbonyl (C=O) groups is 1. The first-order valence-corrected chi connectivity index (χ1v) is 13.3. The monoisotopic (exact) mass is 604 g/mol. The number of hydrogen-bond acceptors (Lipinski definition) is 8. The van der Waals surface area contributed by atoms with Gasteiger partial charge in [0.15, 0.2) is 17.6 Å². The van der Waals surface area contributed by atoms with Gasteiger partial charge < -0.3 is 9.30 Å². The van der Waals surface area contributed by atoms with Crippen LogP contribution in [0, 0.1) is 10.1 Å². The van der Waals surface area contributed by atoms with Crippen LogP contribution >= 0.6 is 46.6 Å². The van der Waals surface area contributed by atoms with E-state index in [2.05, 4.69) is 20.7 Å². The van der Waals surface area contributed by atoms with Gasteiger partial charge in [0.05, 0.1) is 16.2 Å². The minimum absolute atomic E-state index is 0.135. The lowest BCUT2D eigenvalue weighted by molar-refractivity contribution is -0.384. The van der Waals surface area contributed by atoms with Gasteiger partial charge in [-0.3, -0.25) is 14.9 Å². The van der Waals surface area contributed by atoms with E-state index in [0.29, 0.717) is 38.0 Å². The number of aromatic nitrogens is 3. The third-order valence-corrected chi connectivity index (χ3v) is 7.01. The molecule has 0 radical (unpaired) electrons. The summed E-state index contributed by atoms with van der Waals surface area (Å²) in [5, 5.41) is 25.8. The fraction of sp³-hybridized carbons (Fsp3) is 0.120. The van der Waals surface area contributed by atoms with Crippen molar-refractivity contribution < 1.29 is 14.5 Å². The van der Waals surface area contributed by atoms with E-state index >= 15 is 0 Å². The van der Waals surface area contributed by atoms with Crippen LogP contribution in [0.3, 0.4) is 0 Å². The molecule has 10 nitrogen and oxygen atoms in total. The molecule has 1 amide bonds. The summed E-state index contributed by atoms with van der Waals surface area (Å²) in [6.45, 7) is 2.16. The van der Waals surface area contributed by atoms with Crippen LogP contribution in [0.15, 0.2) is 75.8 Å². The lowest BCUT2D eigenvalue weighted by Crippen LogP contribution is -2.24. The van der Waals surface area contributed by atoms with E-state index in [1.807, 2.05) is 23.6 Å². The van der Waals surface area contributed by atoms with Crippen molar-refractivity contribution in [3.05, 3.63) is 91.4 Å². The molecule has 1 N–H and O–H groups in total. The van der Waals surface area contributed by atoms with E-state index < -0.39 is 10.8 Å². The number of nitro benzene ring substituents is 1. The molecule has 4 rings (SSSR count). The van der Waals surface area contributed by atoms with Crippen molar-refractivity contribution in [3.63, 3.8) is 0 Å². The number of carbonyl (C=O) groups excluding carboxylic acids is 1. The summed E-state index contributed by atoms with van der Waals surface area (Å²) in [4.78, 5) is 23.7. The Morgan fingerprint density at radius 2 is 1.92 bits per heavy atom. The number of rotatable bonds is 10. The minimum atomic E-state index is -0.561. The van der Waals surface area contributed by atoms with Crippen LogP contribution in [0.1, 0.15) is 12.5 Å². The lowest BCUT2D eigenvalue weighted by Gasteiger charge is -2.09. The maximum absolute atomic E-state index is 12.2. The fourth-order valence-electron chi connectivity index (χ4n) is 3.37. The van der Waals surface area contributed by atoms with Gasteiger partial charge in [0.25, 0.3) is 11.6 Å². The zero-order chi connectivity index (χ0) is 27.9. The second kappa shape index (κ2) is 12.9. The molecule has 0 atom stereocenters. The number of hydrazone groups is 1. The zero-order valence-electron chi connectivity index (χ0n) is 20.2. The van der Waals surface area contributed by atoms with E-state index in [0.717, 1.165) is 5.56 Å². The smallest absolute Gasteiger partial charge is 0.277 e. The fourth-order valence-corrected chi connectivity index (χ4v) is 5.00. The first-order valence-electron chi connectivity index (χ1n) is 11.3. The number of ether oxygens (including phenoxy) is 1. The second-order valence-corrected chi connectivity index (χ2v) is 10.1. The molecule has 200 valence electrons.